The van der Waals surface area contributed by atoms with Crippen molar-refractivity contribution < 1.29 is 13.6 Å². The summed E-state index contributed by atoms with van der Waals surface area (Å²) in [4.78, 5) is 14.1. The molecule has 1 aromatic rings. The van der Waals surface area contributed by atoms with Gasteiger partial charge in [-0.15, -0.1) is 0 Å². The van der Waals surface area contributed by atoms with E-state index in [2.05, 4.69) is 4.98 Å². The van der Waals surface area contributed by atoms with Crippen molar-refractivity contribution in [2.45, 2.75) is 13.0 Å². The van der Waals surface area contributed by atoms with Crippen molar-refractivity contribution in [2.75, 3.05) is 5.73 Å². The molecule has 1 rings (SSSR count). The number of hydrogen-bond acceptors (Lipinski definition) is 4. The number of carbonyl (C=O) groups excluding carboxylic acids is 1. The maximum atomic E-state index is 12.3. The van der Waals surface area contributed by atoms with Gasteiger partial charge in [-0.25, -0.2) is 13.8 Å². The molecule has 0 radical (unpaired) electrons. The molecule has 0 spiro atoms. The summed E-state index contributed by atoms with van der Waals surface area (Å²) in [6, 6.07) is 1.03. The number of anilines is 1. The van der Waals surface area contributed by atoms with Crippen molar-refractivity contribution in [3.63, 3.8) is 0 Å². The topological polar surface area (TPSA) is 82.0 Å². The number of alkyl halides is 2. The van der Waals surface area contributed by atoms with Gasteiger partial charge >= 0.3 is 0 Å². The van der Waals surface area contributed by atoms with Crippen molar-refractivity contribution in [3.8, 4) is 0 Å². The molecule has 14 heavy (non-hydrogen) atoms. The van der Waals surface area contributed by atoms with E-state index in [0.29, 0.717) is 0 Å². The largest absolute Gasteiger partial charge is 0.397 e. The molecule has 0 aromatic carbocycles. The lowest BCUT2D eigenvalue weighted by atomic mass is 10.1. The summed E-state index contributed by atoms with van der Waals surface area (Å²) in [5.74, 6) is 0. The first-order valence-electron chi connectivity index (χ1n) is 3.82. The second kappa shape index (κ2) is 4.10. The number of rotatable bonds is 3. The van der Waals surface area contributed by atoms with E-state index in [-0.39, 0.29) is 29.9 Å². The monoisotopic (exact) mass is 201 g/mol. The van der Waals surface area contributed by atoms with Gasteiger partial charge in [-0.05, 0) is 6.07 Å². The van der Waals surface area contributed by atoms with E-state index < -0.39 is 12.0 Å². The Morgan fingerprint density at radius 3 is 2.64 bits per heavy atom. The molecule has 0 saturated carbocycles. The third-order valence-corrected chi connectivity index (χ3v) is 1.74. The Balaban J connectivity index is 3.31. The molecule has 0 fully saturated rings. The number of hydrogen-bond donors (Lipinski definition) is 2. The van der Waals surface area contributed by atoms with Crippen molar-refractivity contribution in [1.29, 1.82) is 0 Å². The Kier molecular flexibility index (Phi) is 3.08. The zero-order valence-corrected chi connectivity index (χ0v) is 7.21. The second-order valence-electron chi connectivity index (χ2n) is 2.62. The summed E-state index contributed by atoms with van der Waals surface area (Å²) in [6.07, 6.45) is -2.50. The Morgan fingerprint density at radius 2 is 2.21 bits per heavy atom. The Bertz CT molecular complexity index is 355. The van der Waals surface area contributed by atoms with Gasteiger partial charge in [-0.2, -0.15) is 0 Å². The van der Waals surface area contributed by atoms with Crippen LogP contribution in [0.15, 0.2) is 6.07 Å². The average Bonchev–Trinajstić information content (AvgIpc) is 2.17. The maximum absolute atomic E-state index is 12.3. The molecule has 6 heteroatoms. The second-order valence-corrected chi connectivity index (χ2v) is 2.62. The summed E-state index contributed by atoms with van der Waals surface area (Å²) in [5.41, 5.74) is 10.2. The quantitative estimate of drug-likeness (QED) is 0.711. The first-order valence-corrected chi connectivity index (χ1v) is 3.82. The predicted molar refractivity (Wildman–Crippen MR) is 46.9 cm³/mol. The van der Waals surface area contributed by atoms with Gasteiger partial charge < -0.3 is 11.5 Å². The highest BCUT2D eigenvalue weighted by atomic mass is 19.3. The minimum absolute atomic E-state index is 0.0101. The van der Waals surface area contributed by atoms with Crippen molar-refractivity contribution in [2.24, 2.45) is 5.73 Å². The summed E-state index contributed by atoms with van der Waals surface area (Å²) in [6.45, 7) is 0.0101. The molecule has 76 valence electrons. The SMILES string of the molecule is NCc1nc(C=O)c(C(F)F)cc1N. The smallest absolute Gasteiger partial charge is 0.266 e. The molecular formula is C8H9F2N3O. The number of nitrogens with zero attached hydrogens (tertiary/aromatic N) is 1. The van der Waals surface area contributed by atoms with Crippen LogP contribution in [0.3, 0.4) is 0 Å². The molecular weight excluding hydrogens is 192 g/mol. The van der Waals surface area contributed by atoms with Gasteiger partial charge in [0.25, 0.3) is 6.43 Å². The zero-order chi connectivity index (χ0) is 10.7. The lowest BCUT2D eigenvalue weighted by molar-refractivity contribution is 0.110. The van der Waals surface area contributed by atoms with Crippen LogP contribution in [0.5, 0.6) is 0 Å². The molecule has 0 aliphatic carbocycles. The number of carbonyl (C=O) groups is 1. The van der Waals surface area contributed by atoms with E-state index in [4.69, 9.17) is 11.5 Å². The van der Waals surface area contributed by atoms with Crippen LogP contribution in [-0.2, 0) is 6.54 Å². The van der Waals surface area contributed by atoms with Gasteiger partial charge in [0.2, 0.25) is 0 Å². The summed E-state index contributed by atoms with van der Waals surface area (Å²) >= 11 is 0. The van der Waals surface area contributed by atoms with Crippen molar-refractivity contribution in [3.05, 3.63) is 23.0 Å². The Hall–Kier alpha value is -1.56. The van der Waals surface area contributed by atoms with Gasteiger partial charge in [0, 0.05) is 12.1 Å². The van der Waals surface area contributed by atoms with Crippen LogP contribution in [0.25, 0.3) is 0 Å². The highest BCUT2D eigenvalue weighted by Gasteiger charge is 2.16. The van der Waals surface area contributed by atoms with Gasteiger partial charge in [0.05, 0.1) is 11.4 Å². The lowest BCUT2D eigenvalue weighted by Crippen LogP contribution is -2.09. The highest BCUT2D eigenvalue weighted by molar-refractivity contribution is 5.75. The minimum atomic E-state index is -2.77. The normalized spacial score (nSPS) is 10.6. The molecule has 4 nitrogen and oxygen atoms in total. The van der Waals surface area contributed by atoms with Crippen molar-refractivity contribution in [1.82, 2.24) is 4.98 Å². The van der Waals surface area contributed by atoms with Crippen LogP contribution < -0.4 is 11.5 Å². The molecule has 0 unspecified atom stereocenters. The zero-order valence-electron chi connectivity index (χ0n) is 7.21. The Morgan fingerprint density at radius 1 is 1.57 bits per heavy atom. The number of halogens is 2. The first kappa shape index (κ1) is 10.5. The van der Waals surface area contributed by atoms with Gasteiger partial charge in [-0.3, -0.25) is 4.79 Å². The van der Waals surface area contributed by atoms with E-state index in [9.17, 15) is 13.6 Å². The summed E-state index contributed by atoms with van der Waals surface area (Å²) < 4.78 is 24.7. The molecule has 0 atom stereocenters. The first-order chi connectivity index (χ1) is 6.60. The minimum Gasteiger partial charge on any atom is -0.397 e. The number of aldehydes is 1. The van der Waals surface area contributed by atoms with Gasteiger partial charge in [-0.1, -0.05) is 0 Å². The average molecular weight is 201 g/mol. The van der Waals surface area contributed by atoms with Gasteiger partial charge in [0.15, 0.2) is 6.29 Å². The molecule has 0 saturated heterocycles. The standard InChI is InChI=1S/C8H9F2N3O/c9-8(10)4-1-5(12)6(2-11)13-7(4)3-14/h1,3,8H,2,11-12H2. The highest BCUT2D eigenvalue weighted by Crippen LogP contribution is 2.24. The summed E-state index contributed by atoms with van der Waals surface area (Å²) in [5, 5.41) is 0. The molecule has 4 N–H and O–H groups in total. The molecule has 0 amide bonds. The number of nitrogens with two attached hydrogens (primary N) is 2. The Labute approximate surface area is 78.9 Å². The van der Waals surface area contributed by atoms with Crippen LogP contribution >= 0.6 is 0 Å². The van der Waals surface area contributed by atoms with Crippen LogP contribution in [0.4, 0.5) is 14.5 Å². The van der Waals surface area contributed by atoms with Crippen molar-refractivity contribution >= 4 is 12.0 Å². The molecule has 0 bridgehead atoms. The third kappa shape index (κ3) is 1.85. The lowest BCUT2D eigenvalue weighted by Gasteiger charge is -2.07. The van der Waals surface area contributed by atoms with Crippen LogP contribution in [-0.4, -0.2) is 11.3 Å². The van der Waals surface area contributed by atoms with Crippen LogP contribution in [0, 0.1) is 0 Å². The van der Waals surface area contributed by atoms with E-state index in [1.54, 1.807) is 0 Å². The van der Waals surface area contributed by atoms with E-state index in [0.717, 1.165) is 6.07 Å². The number of nitrogen functional groups attached to an aromatic ring is 1. The van der Waals surface area contributed by atoms with Gasteiger partial charge in [0.1, 0.15) is 5.69 Å². The molecule has 1 aromatic heterocycles. The molecule has 0 aliphatic heterocycles. The molecule has 0 aliphatic rings. The maximum Gasteiger partial charge on any atom is 0.266 e. The fraction of sp³-hybridized carbons (Fsp3) is 0.250. The van der Waals surface area contributed by atoms with E-state index in [1.807, 2.05) is 0 Å². The summed E-state index contributed by atoms with van der Waals surface area (Å²) in [7, 11) is 0. The fourth-order valence-electron chi connectivity index (χ4n) is 1.03. The van der Waals surface area contributed by atoms with E-state index >= 15 is 0 Å². The number of pyridine rings is 1. The molecule has 1 heterocycles. The predicted octanol–water partition coefficient (Wildman–Crippen LogP) is 0.873. The number of aromatic nitrogens is 1. The van der Waals surface area contributed by atoms with Crippen LogP contribution in [0.1, 0.15) is 28.2 Å². The van der Waals surface area contributed by atoms with Crippen LogP contribution in [0.2, 0.25) is 0 Å². The van der Waals surface area contributed by atoms with E-state index in [1.165, 1.54) is 0 Å². The fourth-order valence-corrected chi connectivity index (χ4v) is 1.03. The third-order valence-electron chi connectivity index (χ3n) is 1.74.